The van der Waals surface area contributed by atoms with Crippen LogP contribution in [0, 0.1) is 0 Å². The van der Waals surface area contributed by atoms with Crippen LogP contribution in [0.15, 0.2) is 0 Å². The van der Waals surface area contributed by atoms with Gasteiger partial charge in [-0.1, -0.05) is 6.92 Å². The van der Waals surface area contributed by atoms with Crippen LogP contribution in [0.4, 0.5) is 0 Å². The van der Waals surface area contributed by atoms with Gasteiger partial charge >= 0.3 is 0 Å². The van der Waals surface area contributed by atoms with Crippen molar-refractivity contribution in [3.8, 4) is 0 Å². The van der Waals surface area contributed by atoms with E-state index in [1.807, 2.05) is 0 Å². The second-order valence-corrected chi connectivity index (χ2v) is 5.82. The van der Waals surface area contributed by atoms with Gasteiger partial charge in [-0.05, 0) is 47.0 Å². The first-order valence-corrected chi connectivity index (χ1v) is 5.20. The highest BCUT2D eigenvalue weighted by atomic mass is 16.3. The molecule has 0 aromatic heterocycles. The van der Waals surface area contributed by atoms with Crippen molar-refractivity contribution < 1.29 is 5.11 Å². The lowest BCUT2D eigenvalue weighted by molar-refractivity contribution is -0.0583. The smallest absolute Gasteiger partial charge is 0.0679 e. The maximum atomic E-state index is 10.3. The van der Waals surface area contributed by atoms with Gasteiger partial charge in [0.15, 0.2) is 0 Å². The number of hydrogen-bond acceptors (Lipinski definition) is 2. The van der Waals surface area contributed by atoms with Gasteiger partial charge in [0.25, 0.3) is 0 Å². The molecule has 2 N–H and O–H groups in total. The summed E-state index contributed by atoms with van der Waals surface area (Å²) < 4.78 is 0. The molecule has 0 aromatic rings. The highest BCUT2D eigenvalue weighted by Crippen LogP contribution is 2.37. The topological polar surface area (TPSA) is 32.3 Å². The molecule has 0 aromatic carbocycles. The van der Waals surface area contributed by atoms with E-state index >= 15 is 0 Å². The molecule has 1 aliphatic rings. The van der Waals surface area contributed by atoms with Gasteiger partial charge < -0.3 is 10.4 Å². The summed E-state index contributed by atoms with van der Waals surface area (Å²) in [5.41, 5.74) is -0.378. The molecule has 78 valence electrons. The maximum Gasteiger partial charge on any atom is 0.0679 e. The van der Waals surface area contributed by atoms with Crippen LogP contribution in [0.3, 0.4) is 0 Å². The summed E-state index contributed by atoms with van der Waals surface area (Å²) in [6, 6.07) is 0. The van der Waals surface area contributed by atoms with Gasteiger partial charge in [0.05, 0.1) is 5.60 Å². The second-order valence-electron chi connectivity index (χ2n) is 5.82. The molecular formula is C11H23NO. The minimum Gasteiger partial charge on any atom is -0.390 e. The summed E-state index contributed by atoms with van der Waals surface area (Å²) in [6.45, 7) is 10.7. The molecule has 0 saturated carbocycles. The zero-order valence-electron chi connectivity index (χ0n) is 9.57. The van der Waals surface area contributed by atoms with Gasteiger partial charge in [-0.25, -0.2) is 0 Å². The zero-order chi connectivity index (χ0) is 10.3. The first-order valence-electron chi connectivity index (χ1n) is 5.20. The van der Waals surface area contributed by atoms with Crippen LogP contribution in [0.5, 0.6) is 0 Å². The average molecular weight is 185 g/mol. The third-order valence-corrected chi connectivity index (χ3v) is 2.88. The van der Waals surface area contributed by atoms with E-state index in [1.54, 1.807) is 0 Å². The minimum atomic E-state index is -0.474. The van der Waals surface area contributed by atoms with Crippen LogP contribution in [0.1, 0.15) is 53.9 Å². The van der Waals surface area contributed by atoms with Gasteiger partial charge in [-0.2, -0.15) is 0 Å². The Labute approximate surface area is 81.7 Å². The fraction of sp³-hybridized carbons (Fsp3) is 1.00. The molecule has 1 fully saturated rings. The molecule has 0 radical (unpaired) electrons. The SMILES string of the molecule is CCC1(O)CC(C)(C)NC(C)(C)C1. The summed E-state index contributed by atoms with van der Waals surface area (Å²) >= 11 is 0. The Bertz CT molecular complexity index is 180. The number of nitrogens with one attached hydrogen (secondary N) is 1. The average Bonchev–Trinajstić information content (AvgIpc) is 1.79. The molecule has 1 heterocycles. The highest BCUT2D eigenvalue weighted by Gasteiger charge is 2.44. The molecule has 0 aliphatic carbocycles. The molecule has 0 amide bonds. The van der Waals surface area contributed by atoms with Crippen LogP contribution in [0.2, 0.25) is 0 Å². The van der Waals surface area contributed by atoms with Crippen LogP contribution >= 0.6 is 0 Å². The maximum absolute atomic E-state index is 10.3. The third kappa shape index (κ3) is 2.68. The van der Waals surface area contributed by atoms with E-state index in [1.165, 1.54) is 0 Å². The molecule has 1 saturated heterocycles. The number of aliphatic hydroxyl groups is 1. The lowest BCUT2D eigenvalue weighted by atomic mass is 9.72. The van der Waals surface area contributed by atoms with Gasteiger partial charge in [-0.3, -0.25) is 0 Å². The second kappa shape index (κ2) is 2.96. The van der Waals surface area contributed by atoms with E-state index in [0.29, 0.717) is 0 Å². The summed E-state index contributed by atoms with van der Waals surface area (Å²) in [4.78, 5) is 0. The molecule has 0 bridgehead atoms. The number of rotatable bonds is 1. The summed E-state index contributed by atoms with van der Waals surface area (Å²) in [7, 11) is 0. The van der Waals surface area contributed by atoms with Crippen molar-refractivity contribution >= 4 is 0 Å². The van der Waals surface area contributed by atoms with Crippen LogP contribution < -0.4 is 5.32 Å². The fourth-order valence-corrected chi connectivity index (χ4v) is 2.96. The van der Waals surface area contributed by atoms with E-state index in [9.17, 15) is 5.11 Å². The van der Waals surface area contributed by atoms with Crippen molar-refractivity contribution in [1.29, 1.82) is 0 Å². The first-order chi connectivity index (χ1) is 5.68. The quantitative estimate of drug-likeness (QED) is 0.655. The third-order valence-electron chi connectivity index (χ3n) is 2.88. The van der Waals surface area contributed by atoms with E-state index in [4.69, 9.17) is 0 Å². The number of hydrogen-bond donors (Lipinski definition) is 2. The zero-order valence-corrected chi connectivity index (χ0v) is 9.57. The van der Waals surface area contributed by atoms with Crippen molar-refractivity contribution in [1.82, 2.24) is 5.32 Å². The van der Waals surface area contributed by atoms with E-state index in [2.05, 4.69) is 39.9 Å². The Morgan fingerprint density at radius 2 is 1.46 bits per heavy atom. The van der Waals surface area contributed by atoms with E-state index < -0.39 is 5.60 Å². The Morgan fingerprint density at radius 1 is 1.08 bits per heavy atom. The molecule has 0 spiro atoms. The van der Waals surface area contributed by atoms with E-state index in [0.717, 1.165) is 19.3 Å². The summed E-state index contributed by atoms with van der Waals surface area (Å²) in [6.07, 6.45) is 2.54. The largest absolute Gasteiger partial charge is 0.390 e. The van der Waals surface area contributed by atoms with Crippen molar-refractivity contribution in [2.45, 2.75) is 70.6 Å². The molecule has 13 heavy (non-hydrogen) atoms. The predicted octanol–water partition coefficient (Wildman–Crippen LogP) is 2.07. The van der Waals surface area contributed by atoms with Gasteiger partial charge in [0, 0.05) is 11.1 Å². The minimum absolute atomic E-state index is 0.0481. The Kier molecular flexibility index (Phi) is 2.50. The van der Waals surface area contributed by atoms with Crippen LogP contribution in [-0.4, -0.2) is 21.8 Å². The molecule has 0 unspecified atom stereocenters. The van der Waals surface area contributed by atoms with Crippen LogP contribution in [0.25, 0.3) is 0 Å². The first kappa shape index (κ1) is 11.0. The molecule has 1 aliphatic heterocycles. The standard InChI is InChI=1S/C11H23NO/c1-6-11(13)7-9(2,3)12-10(4,5)8-11/h12-13H,6-8H2,1-5H3. The summed E-state index contributed by atoms with van der Waals surface area (Å²) in [5, 5.41) is 13.9. The van der Waals surface area contributed by atoms with Crippen LogP contribution in [-0.2, 0) is 0 Å². The normalized spacial score (nSPS) is 30.0. The lowest BCUT2D eigenvalue weighted by Crippen LogP contribution is -2.63. The number of piperidine rings is 1. The Morgan fingerprint density at radius 3 is 1.77 bits per heavy atom. The van der Waals surface area contributed by atoms with Crippen molar-refractivity contribution in [2.24, 2.45) is 0 Å². The van der Waals surface area contributed by atoms with E-state index in [-0.39, 0.29) is 11.1 Å². The molecule has 0 atom stereocenters. The molecule has 1 rings (SSSR count). The summed E-state index contributed by atoms with van der Waals surface area (Å²) in [5.74, 6) is 0. The van der Waals surface area contributed by atoms with Crippen molar-refractivity contribution in [2.75, 3.05) is 0 Å². The Balaban J connectivity index is 2.84. The highest BCUT2D eigenvalue weighted by molar-refractivity contribution is 5.03. The molecule has 2 nitrogen and oxygen atoms in total. The monoisotopic (exact) mass is 185 g/mol. The fourth-order valence-electron chi connectivity index (χ4n) is 2.96. The molecule has 2 heteroatoms. The van der Waals surface area contributed by atoms with Gasteiger partial charge in [0.2, 0.25) is 0 Å². The Hall–Kier alpha value is -0.0800. The lowest BCUT2D eigenvalue weighted by Gasteiger charge is -2.50. The molecular weight excluding hydrogens is 162 g/mol. The van der Waals surface area contributed by atoms with Gasteiger partial charge in [-0.15, -0.1) is 0 Å². The van der Waals surface area contributed by atoms with Crippen molar-refractivity contribution in [3.05, 3.63) is 0 Å². The predicted molar refractivity (Wildman–Crippen MR) is 55.8 cm³/mol. The van der Waals surface area contributed by atoms with Gasteiger partial charge in [0.1, 0.15) is 0 Å². The van der Waals surface area contributed by atoms with Crippen molar-refractivity contribution in [3.63, 3.8) is 0 Å².